The second-order valence-corrected chi connectivity index (χ2v) is 6.69. The molecule has 0 aliphatic heterocycles. The van der Waals surface area contributed by atoms with Gasteiger partial charge in [-0.2, -0.15) is 0 Å². The number of rotatable bonds is 4. The largest absolute Gasteiger partial charge is 0.123 e. The lowest BCUT2D eigenvalue weighted by atomic mass is 9.67. The fourth-order valence-corrected chi connectivity index (χ4v) is 3.78. The van der Waals surface area contributed by atoms with Crippen LogP contribution in [-0.2, 0) is 0 Å². The van der Waals surface area contributed by atoms with Crippen LogP contribution in [0.2, 0.25) is 0 Å². The molecule has 90 valence electrons. The van der Waals surface area contributed by atoms with Crippen molar-refractivity contribution in [3.8, 4) is 0 Å². The second kappa shape index (κ2) is 5.57. The van der Waals surface area contributed by atoms with Gasteiger partial charge in [0.15, 0.2) is 0 Å². The Morgan fingerprint density at radius 3 is 2.47 bits per heavy atom. The maximum atomic E-state index is 6.54. The van der Waals surface area contributed by atoms with E-state index in [1.165, 1.54) is 38.5 Å². The molecule has 15 heavy (non-hydrogen) atoms. The lowest BCUT2D eigenvalue weighted by Crippen LogP contribution is -2.35. The minimum absolute atomic E-state index is 0.417. The Bertz CT molecular complexity index is 186. The van der Waals surface area contributed by atoms with Crippen molar-refractivity contribution in [3.63, 3.8) is 0 Å². The topological polar surface area (TPSA) is 0 Å². The second-order valence-electron chi connectivity index (χ2n) is 6.13. The predicted octanol–water partition coefficient (Wildman–Crippen LogP) is 5.25. The average Bonchev–Trinajstić information content (AvgIpc) is 2.14. The van der Waals surface area contributed by atoms with Gasteiger partial charge < -0.3 is 0 Å². The van der Waals surface area contributed by atoms with Crippen molar-refractivity contribution in [3.05, 3.63) is 0 Å². The normalized spacial score (nSPS) is 33.0. The van der Waals surface area contributed by atoms with E-state index in [1.54, 1.807) is 0 Å². The molecule has 0 heterocycles. The quantitative estimate of drug-likeness (QED) is 0.579. The molecule has 3 unspecified atom stereocenters. The first-order valence-corrected chi connectivity index (χ1v) is 7.05. The van der Waals surface area contributed by atoms with Gasteiger partial charge >= 0.3 is 0 Å². The van der Waals surface area contributed by atoms with Crippen LogP contribution in [0, 0.1) is 17.3 Å². The average molecular weight is 231 g/mol. The highest BCUT2D eigenvalue weighted by Crippen LogP contribution is 2.45. The molecule has 0 spiro atoms. The minimum atomic E-state index is 0.417. The van der Waals surface area contributed by atoms with E-state index in [2.05, 4.69) is 27.7 Å². The molecule has 0 bridgehead atoms. The minimum Gasteiger partial charge on any atom is -0.123 e. The van der Waals surface area contributed by atoms with Crippen molar-refractivity contribution in [2.75, 3.05) is 0 Å². The van der Waals surface area contributed by atoms with E-state index in [0.717, 1.165) is 11.8 Å². The van der Waals surface area contributed by atoms with E-state index in [4.69, 9.17) is 11.6 Å². The molecule has 1 aliphatic carbocycles. The summed E-state index contributed by atoms with van der Waals surface area (Å²) < 4.78 is 0. The number of halogens is 1. The van der Waals surface area contributed by atoms with Crippen molar-refractivity contribution in [2.45, 2.75) is 71.6 Å². The van der Waals surface area contributed by atoms with Gasteiger partial charge in [-0.15, -0.1) is 11.6 Å². The molecular formula is C14H27Cl. The maximum Gasteiger partial charge on any atom is 0.0371 e. The van der Waals surface area contributed by atoms with Gasteiger partial charge in [0, 0.05) is 5.38 Å². The van der Waals surface area contributed by atoms with Gasteiger partial charge in [-0.3, -0.25) is 0 Å². The van der Waals surface area contributed by atoms with Crippen LogP contribution in [0.15, 0.2) is 0 Å². The molecule has 1 heteroatoms. The van der Waals surface area contributed by atoms with E-state index >= 15 is 0 Å². The van der Waals surface area contributed by atoms with Crippen LogP contribution in [0.25, 0.3) is 0 Å². The van der Waals surface area contributed by atoms with E-state index < -0.39 is 0 Å². The Morgan fingerprint density at radius 1 is 1.27 bits per heavy atom. The molecule has 0 radical (unpaired) electrons. The fraction of sp³-hybridized carbons (Fsp3) is 1.00. The van der Waals surface area contributed by atoms with Crippen LogP contribution < -0.4 is 0 Å². The van der Waals surface area contributed by atoms with Crippen LogP contribution in [0.5, 0.6) is 0 Å². The Kier molecular flexibility index (Phi) is 4.96. The Hall–Kier alpha value is 0.290. The zero-order valence-electron chi connectivity index (χ0n) is 10.9. The molecule has 1 saturated carbocycles. The van der Waals surface area contributed by atoms with Crippen LogP contribution in [0.3, 0.4) is 0 Å². The Morgan fingerprint density at radius 2 is 1.93 bits per heavy atom. The molecular weight excluding hydrogens is 204 g/mol. The van der Waals surface area contributed by atoms with Gasteiger partial charge in [0.25, 0.3) is 0 Å². The summed E-state index contributed by atoms with van der Waals surface area (Å²) in [6, 6.07) is 0. The SMILES string of the molecule is CCCCC(C)(C)C1CCC(C)CC1Cl. The lowest BCUT2D eigenvalue weighted by molar-refractivity contribution is 0.129. The van der Waals surface area contributed by atoms with E-state index in [9.17, 15) is 0 Å². The summed E-state index contributed by atoms with van der Waals surface area (Å²) >= 11 is 6.54. The summed E-state index contributed by atoms with van der Waals surface area (Å²) in [6.07, 6.45) is 7.94. The molecule has 1 aliphatic rings. The third kappa shape index (κ3) is 3.66. The van der Waals surface area contributed by atoms with Gasteiger partial charge in [-0.05, 0) is 36.5 Å². The first-order valence-electron chi connectivity index (χ1n) is 6.61. The highest BCUT2D eigenvalue weighted by molar-refractivity contribution is 6.20. The van der Waals surface area contributed by atoms with E-state index in [-0.39, 0.29) is 0 Å². The van der Waals surface area contributed by atoms with Gasteiger partial charge in [0.1, 0.15) is 0 Å². The summed E-state index contributed by atoms with van der Waals surface area (Å²) in [4.78, 5) is 0. The molecule has 0 aromatic rings. The van der Waals surface area contributed by atoms with E-state index in [1.807, 2.05) is 0 Å². The zero-order chi connectivity index (χ0) is 11.5. The molecule has 1 fully saturated rings. The monoisotopic (exact) mass is 230 g/mol. The molecule has 0 aromatic heterocycles. The summed E-state index contributed by atoms with van der Waals surface area (Å²) in [6.45, 7) is 9.44. The van der Waals surface area contributed by atoms with Crippen molar-refractivity contribution < 1.29 is 0 Å². The third-order valence-electron chi connectivity index (χ3n) is 4.21. The van der Waals surface area contributed by atoms with Crippen LogP contribution in [0.1, 0.15) is 66.2 Å². The fourth-order valence-electron chi connectivity index (χ4n) is 3.01. The Labute approximate surface area is 101 Å². The van der Waals surface area contributed by atoms with Crippen molar-refractivity contribution in [1.29, 1.82) is 0 Å². The number of alkyl halides is 1. The number of hydrogen-bond acceptors (Lipinski definition) is 0. The molecule has 0 aromatic carbocycles. The predicted molar refractivity (Wildman–Crippen MR) is 69.5 cm³/mol. The summed E-state index contributed by atoms with van der Waals surface area (Å²) in [7, 11) is 0. The highest BCUT2D eigenvalue weighted by Gasteiger charge is 2.37. The highest BCUT2D eigenvalue weighted by atomic mass is 35.5. The van der Waals surface area contributed by atoms with Gasteiger partial charge in [0.2, 0.25) is 0 Å². The molecule has 0 nitrogen and oxygen atoms in total. The number of unbranched alkanes of at least 4 members (excludes halogenated alkanes) is 1. The van der Waals surface area contributed by atoms with Crippen molar-refractivity contribution in [2.24, 2.45) is 17.3 Å². The molecule has 0 saturated heterocycles. The summed E-state index contributed by atoms with van der Waals surface area (Å²) in [5.41, 5.74) is 0.447. The smallest absolute Gasteiger partial charge is 0.0371 e. The third-order valence-corrected chi connectivity index (χ3v) is 4.70. The van der Waals surface area contributed by atoms with Gasteiger partial charge in [-0.25, -0.2) is 0 Å². The van der Waals surface area contributed by atoms with Crippen LogP contribution in [-0.4, -0.2) is 5.38 Å². The van der Waals surface area contributed by atoms with Crippen LogP contribution >= 0.6 is 11.6 Å². The number of hydrogen-bond donors (Lipinski definition) is 0. The van der Waals surface area contributed by atoms with Crippen molar-refractivity contribution in [1.82, 2.24) is 0 Å². The first kappa shape index (κ1) is 13.4. The maximum absolute atomic E-state index is 6.54. The first-order chi connectivity index (χ1) is 6.97. The van der Waals surface area contributed by atoms with Gasteiger partial charge in [0.05, 0.1) is 0 Å². The standard InChI is InChI=1S/C14H27Cl/c1-5-6-9-14(3,4)12-8-7-11(2)10-13(12)15/h11-13H,5-10H2,1-4H3. The zero-order valence-corrected chi connectivity index (χ0v) is 11.6. The van der Waals surface area contributed by atoms with Gasteiger partial charge in [-0.1, -0.05) is 47.0 Å². The summed E-state index contributed by atoms with van der Waals surface area (Å²) in [5.74, 6) is 1.58. The summed E-state index contributed by atoms with van der Waals surface area (Å²) in [5, 5.41) is 0.417. The van der Waals surface area contributed by atoms with Crippen molar-refractivity contribution >= 4 is 11.6 Å². The molecule has 0 amide bonds. The molecule has 0 N–H and O–H groups in total. The lowest BCUT2D eigenvalue weighted by Gasteiger charge is -2.42. The molecule has 1 rings (SSSR count). The Balaban J connectivity index is 2.53. The van der Waals surface area contributed by atoms with E-state index in [0.29, 0.717) is 10.8 Å². The van der Waals surface area contributed by atoms with Crippen LogP contribution in [0.4, 0.5) is 0 Å². The molecule has 3 atom stereocenters.